The van der Waals surface area contributed by atoms with E-state index in [4.69, 9.17) is 14.2 Å². The lowest BCUT2D eigenvalue weighted by molar-refractivity contribution is -0.138. The lowest BCUT2D eigenvalue weighted by Crippen LogP contribution is -2.09. The first kappa shape index (κ1) is 43.6. The highest BCUT2D eigenvalue weighted by Gasteiger charge is 2.12. The molecule has 0 bridgehead atoms. The van der Waals surface area contributed by atoms with Gasteiger partial charge in [-0.3, -0.25) is 9.59 Å². The third kappa shape index (κ3) is 13.5. The minimum absolute atomic E-state index is 0.0171. The first-order valence-electron chi connectivity index (χ1n) is 19.5. The molecule has 0 N–H and O–H groups in total. The van der Waals surface area contributed by atoms with Crippen LogP contribution in [0.1, 0.15) is 97.4 Å². The van der Waals surface area contributed by atoms with Crippen molar-refractivity contribution in [3.63, 3.8) is 0 Å². The van der Waals surface area contributed by atoms with E-state index in [1.165, 1.54) is 0 Å². The molecule has 0 radical (unpaired) electrons. The fraction of sp³-hybridized carbons (Fsp3) is 0.173. The molecule has 60 heavy (non-hydrogen) atoms. The number of carbonyl (C=O) groups excluding carboxylic acids is 5. The molecule has 0 amide bonds. The van der Waals surface area contributed by atoms with Crippen LogP contribution < -0.4 is 4.74 Å². The molecule has 0 aromatic heterocycles. The maximum atomic E-state index is 13.0. The maximum absolute atomic E-state index is 13.0. The van der Waals surface area contributed by atoms with Gasteiger partial charge in [-0.2, -0.15) is 0 Å². The van der Waals surface area contributed by atoms with Crippen LogP contribution in [0.5, 0.6) is 5.75 Å². The van der Waals surface area contributed by atoms with Crippen molar-refractivity contribution >= 4 is 29.5 Å². The van der Waals surface area contributed by atoms with E-state index in [2.05, 4.69) is 36.8 Å². The van der Waals surface area contributed by atoms with E-state index in [1.807, 2.05) is 61.5 Å². The number of benzene rings is 5. The van der Waals surface area contributed by atoms with Gasteiger partial charge < -0.3 is 14.2 Å². The van der Waals surface area contributed by atoms with Gasteiger partial charge in [0.2, 0.25) is 0 Å². The number of rotatable bonds is 17. The summed E-state index contributed by atoms with van der Waals surface area (Å²) in [4.78, 5) is 60.2. The van der Waals surface area contributed by atoms with Crippen LogP contribution in [0.15, 0.2) is 141 Å². The molecule has 0 spiro atoms. The zero-order chi connectivity index (χ0) is 42.7. The highest BCUT2D eigenvalue weighted by Crippen LogP contribution is 2.23. The van der Waals surface area contributed by atoms with Crippen molar-refractivity contribution in [1.82, 2.24) is 0 Å². The number of ether oxygens (including phenoxy) is 3. The van der Waals surface area contributed by atoms with Gasteiger partial charge in [0, 0.05) is 58.4 Å². The van der Waals surface area contributed by atoms with E-state index < -0.39 is 17.9 Å². The Kier molecular flexibility index (Phi) is 16.3. The van der Waals surface area contributed by atoms with Gasteiger partial charge in [0.25, 0.3) is 0 Å². The number of carbonyl (C=O) groups is 5. The Morgan fingerprint density at radius 1 is 0.500 bits per heavy atom. The zero-order valence-corrected chi connectivity index (χ0v) is 33.5. The van der Waals surface area contributed by atoms with Gasteiger partial charge in [-0.25, -0.2) is 14.4 Å². The second-order valence-electron chi connectivity index (χ2n) is 13.7. The zero-order valence-electron chi connectivity index (χ0n) is 33.5. The predicted octanol–water partition coefficient (Wildman–Crippen LogP) is 9.85. The number of hydrogen-bond acceptors (Lipinski definition) is 8. The van der Waals surface area contributed by atoms with Gasteiger partial charge in [-0.1, -0.05) is 85.4 Å². The second kappa shape index (κ2) is 22.4. The largest absolute Gasteiger partial charge is 0.463 e. The van der Waals surface area contributed by atoms with Crippen molar-refractivity contribution in [2.45, 2.75) is 45.4 Å². The molecule has 0 saturated carbocycles. The Bertz CT molecular complexity index is 2470. The Labute approximate surface area is 350 Å². The van der Waals surface area contributed by atoms with E-state index in [0.717, 1.165) is 51.1 Å². The van der Waals surface area contributed by atoms with Crippen LogP contribution in [-0.4, -0.2) is 42.7 Å². The second-order valence-corrected chi connectivity index (χ2v) is 13.7. The normalized spacial score (nSPS) is 10.2. The molecule has 5 aromatic carbocycles. The van der Waals surface area contributed by atoms with Crippen LogP contribution in [0, 0.1) is 30.6 Å². The van der Waals surface area contributed by atoms with Crippen molar-refractivity contribution in [1.29, 1.82) is 0 Å². The number of hydrogen-bond donors (Lipinski definition) is 0. The van der Waals surface area contributed by atoms with Crippen molar-refractivity contribution in [2.24, 2.45) is 0 Å². The van der Waals surface area contributed by atoms with Crippen molar-refractivity contribution in [3.8, 4) is 40.6 Å². The predicted molar refractivity (Wildman–Crippen MR) is 232 cm³/mol. The summed E-state index contributed by atoms with van der Waals surface area (Å²) in [5, 5.41) is 0. The highest BCUT2D eigenvalue weighted by molar-refractivity contribution is 5.96. The highest BCUT2D eigenvalue weighted by atomic mass is 16.5. The fourth-order valence-electron chi connectivity index (χ4n) is 5.84. The quantitative estimate of drug-likeness (QED) is 0.0228. The van der Waals surface area contributed by atoms with Crippen LogP contribution in [0.3, 0.4) is 0 Å². The van der Waals surface area contributed by atoms with Gasteiger partial charge in [0.15, 0.2) is 11.6 Å². The van der Waals surface area contributed by atoms with Crippen molar-refractivity contribution in [3.05, 3.63) is 185 Å². The Balaban J connectivity index is 1.08. The maximum Gasteiger partial charge on any atom is 0.343 e. The molecule has 0 heterocycles. The molecule has 0 saturated heterocycles. The summed E-state index contributed by atoms with van der Waals surface area (Å²) in [5.41, 5.74) is 7.44. The number of ketones is 2. The van der Waals surface area contributed by atoms with Gasteiger partial charge in [-0.05, 0) is 116 Å². The first-order chi connectivity index (χ1) is 29.1. The molecule has 8 nitrogen and oxygen atoms in total. The van der Waals surface area contributed by atoms with Crippen LogP contribution in [-0.2, 0) is 19.1 Å². The van der Waals surface area contributed by atoms with Crippen LogP contribution in [0.4, 0.5) is 0 Å². The average Bonchev–Trinajstić information content (AvgIpc) is 3.28. The topological polar surface area (TPSA) is 113 Å². The lowest BCUT2D eigenvalue weighted by Gasteiger charge is -2.09. The molecular weight excluding hydrogens is 753 g/mol. The van der Waals surface area contributed by atoms with E-state index in [1.54, 1.807) is 60.7 Å². The monoisotopic (exact) mass is 796 g/mol. The Hall–Kier alpha value is -7.55. The molecule has 8 heteroatoms. The van der Waals surface area contributed by atoms with E-state index in [-0.39, 0.29) is 24.8 Å². The molecule has 0 atom stereocenters. The summed E-state index contributed by atoms with van der Waals surface area (Å²) in [6.07, 6.45) is 5.42. The minimum atomic E-state index is -0.471. The molecule has 0 aliphatic heterocycles. The summed E-state index contributed by atoms with van der Waals surface area (Å²) in [6, 6.07) is 34.7. The van der Waals surface area contributed by atoms with Crippen molar-refractivity contribution in [2.75, 3.05) is 13.2 Å². The molecule has 5 rings (SSSR count). The van der Waals surface area contributed by atoms with Gasteiger partial charge >= 0.3 is 17.9 Å². The van der Waals surface area contributed by atoms with Gasteiger partial charge in [0.1, 0.15) is 5.75 Å². The van der Waals surface area contributed by atoms with Gasteiger partial charge in [-0.15, -0.1) is 0 Å². The minimum Gasteiger partial charge on any atom is -0.463 e. The fourth-order valence-corrected chi connectivity index (χ4v) is 5.84. The number of unbranched alkanes of at least 4 members (excludes halogenated alkanes) is 2. The first-order valence-corrected chi connectivity index (χ1v) is 19.5. The number of Topliss-reactive ketones (excluding diaryl/α,β-unsaturated/α-hetero) is 2. The Morgan fingerprint density at radius 2 is 0.883 bits per heavy atom. The lowest BCUT2D eigenvalue weighted by atomic mass is 10.0. The third-order valence-electron chi connectivity index (χ3n) is 9.25. The SMILES string of the molecule is C=CC(=O)OCCCCC(=O)c1ccc(C#Cc2ccc(-c3ccc(C(=O)Oc4ccc(C#Cc5ccc(C(=O)CCCCOC(=O)C=C)cc5)cc4C)cc3)cc2)cc1. The molecule has 0 unspecified atom stereocenters. The standard InChI is InChI=1S/C52H44O8/c1-4-50(55)58-34-8-6-10-47(53)44-25-18-39(19-26-44)13-12-38-16-23-42(24-17-38)43-29-31-46(32-30-43)52(57)60-49-33-22-41(36-37(49)3)15-14-40-20-27-45(28-21-40)48(54)11-7-9-35-59-51(56)5-2/h4-5,16-33,36H,1-2,6-11,34-35H2,3H3. The molecule has 0 aliphatic rings. The van der Waals surface area contributed by atoms with Crippen LogP contribution >= 0.6 is 0 Å². The molecule has 300 valence electrons. The number of esters is 3. The number of aryl methyl sites for hydroxylation is 1. The van der Waals surface area contributed by atoms with Crippen molar-refractivity contribution < 1.29 is 38.2 Å². The van der Waals surface area contributed by atoms with Gasteiger partial charge in [0.05, 0.1) is 18.8 Å². The molecule has 0 aliphatic carbocycles. The van der Waals surface area contributed by atoms with E-state index in [9.17, 15) is 24.0 Å². The smallest absolute Gasteiger partial charge is 0.343 e. The summed E-state index contributed by atoms with van der Waals surface area (Å²) in [7, 11) is 0. The molecule has 0 fully saturated rings. The summed E-state index contributed by atoms with van der Waals surface area (Å²) in [5.74, 6) is 11.6. The summed E-state index contributed by atoms with van der Waals surface area (Å²) >= 11 is 0. The van der Waals surface area contributed by atoms with E-state index >= 15 is 0 Å². The van der Waals surface area contributed by atoms with E-state index in [0.29, 0.717) is 61.0 Å². The van der Waals surface area contributed by atoms with Crippen LogP contribution in [0.25, 0.3) is 11.1 Å². The average molecular weight is 797 g/mol. The third-order valence-corrected chi connectivity index (χ3v) is 9.25. The summed E-state index contributed by atoms with van der Waals surface area (Å²) in [6.45, 7) is 9.09. The molecule has 5 aromatic rings. The molecular formula is C52H44O8. The summed E-state index contributed by atoms with van der Waals surface area (Å²) < 4.78 is 15.6. The Morgan fingerprint density at radius 3 is 1.32 bits per heavy atom. The van der Waals surface area contributed by atoms with Crippen LogP contribution in [0.2, 0.25) is 0 Å².